The molecule has 0 aliphatic carbocycles. The van der Waals surface area contributed by atoms with Crippen LogP contribution in [-0.2, 0) is 4.79 Å². The minimum atomic E-state index is -0.551. The van der Waals surface area contributed by atoms with Gasteiger partial charge in [-0.05, 0) is 31.9 Å². The molecule has 6 heteroatoms. The van der Waals surface area contributed by atoms with Crippen molar-refractivity contribution in [3.8, 4) is 5.88 Å². The molecule has 0 radical (unpaired) electrons. The fourth-order valence-corrected chi connectivity index (χ4v) is 2.24. The summed E-state index contributed by atoms with van der Waals surface area (Å²) in [4.78, 5) is 17.3. The Labute approximate surface area is 116 Å². The Bertz CT molecular complexity index is 456. The number of halogens is 2. The number of ether oxygens (including phenoxy) is 1. The quantitative estimate of drug-likeness (QED) is 0.800. The highest BCUT2D eigenvalue weighted by atomic mass is 35.5. The second-order valence-electron chi connectivity index (χ2n) is 4.57. The Hall–Kier alpha value is -1.36. The number of carbonyl (C=O) groups excluding carboxylic acids is 1. The molecule has 0 aromatic carbocycles. The van der Waals surface area contributed by atoms with Crippen LogP contribution in [0.5, 0.6) is 5.88 Å². The van der Waals surface area contributed by atoms with Gasteiger partial charge in [0.05, 0.1) is 6.54 Å². The molecule has 2 atom stereocenters. The molecule has 1 aliphatic rings. The van der Waals surface area contributed by atoms with E-state index in [9.17, 15) is 9.18 Å². The average molecular weight is 287 g/mol. The predicted molar refractivity (Wildman–Crippen MR) is 69.7 cm³/mol. The lowest BCUT2D eigenvalue weighted by Crippen LogP contribution is -2.46. The van der Waals surface area contributed by atoms with Crippen LogP contribution in [0, 0.1) is 5.82 Å². The fourth-order valence-electron chi connectivity index (χ4n) is 2.10. The lowest BCUT2D eigenvalue weighted by molar-refractivity contribution is -0.133. The van der Waals surface area contributed by atoms with Crippen LogP contribution in [0.4, 0.5) is 4.39 Å². The van der Waals surface area contributed by atoms with E-state index in [-0.39, 0.29) is 17.9 Å². The summed E-state index contributed by atoms with van der Waals surface area (Å²) in [5.41, 5.74) is 0. The van der Waals surface area contributed by atoms with Gasteiger partial charge in [0.2, 0.25) is 5.91 Å². The van der Waals surface area contributed by atoms with Crippen LogP contribution in [0.15, 0.2) is 18.3 Å². The molecule has 104 valence electrons. The molecule has 1 fully saturated rings. The molecule has 0 saturated carbocycles. The van der Waals surface area contributed by atoms with E-state index < -0.39 is 11.2 Å². The highest BCUT2D eigenvalue weighted by Crippen LogP contribution is 2.20. The number of rotatable bonds is 3. The molecular weight excluding hydrogens is 271 g/mol. The van der Waals surface area contributed by atoms with E-state index in [1.54, 1.807) is 11.8 Å². The maximum Gasteiger partial charge on any atom is 0.250 e. The van der Waals surface area contributed by atoms with Gasteiger partial charge in [0.25, 0.3) is 5.88 Å². The minimum Gasteiger partial charge on any atom is -0.470 e. The van der Waals surface area contributed by atoms with Crippen molar-refractivity contribution in [1.82, 2.24) is 9.88 Å². The van der Waals surface area contributed by atoms with Gasteiger partial charge in [-0.2, -0.15) is 0 Å². The topological polar surface area (TPSA) is 42.4 Å². The predicted octanol–water partition coefficient (Wildman–Crippen LogP) is 2.22. The molecule has 0 bridgehead atoms. The van der Waals surface area contributed by atoms with Gasteiger partial charge in [0.1, 0.15) is 11.5 Å². The van der Waals surface area contributed by atoms with Gasteiger partial charge >= 0.3 is 0 Å². The number of hydrogen-bond donors (Lipinski definition) is 0. The van der Waals surface area contributed by atoms with Gasteiger partial charge in [0.15, 0.2) is 5.82 Å². The Morgan fingerprint density at radius 3 is 3.16 bits per heavy atom. The van der Waals surface area contributed by atoms with Crippen LogP contribution >= 0.6 is 11.6 Å². The van der Waals surface area contributed by atoms with Crippen LogP contribution in [-0.4, -0.2) is 40.4 Å². The summed E-state index contributed by atoms with van der Waals surface area (Å²) < 4.78 is 19.0. The Morgan fingerprint density at radius 1 is 1.68 bits per heavy atom. The Balaban J connectivity index is 1.98. The number of nitrogens with zero attached hydrogens (tertiary/aromatic N) is 2. The third kappa shape index (κ3) is 3.56. The first kappa shape index (κ1) is 14.1. The van der Waals surface area contributed by atoms with Crippen LogP contribution in [0.3, 0.4) is 0 Å². The number of carbonyl (C=O) groups is 1. The van der Waals surface area contributed by atoms with Crippen LogP contribution in [0.25, 0.3) is 0 Å². The Morgan fingerprint density at radius 2 is 2.47 bits per heavy atom. The number of aromatic nitrogens is 1. The number of hydrogen-bond acceptors (Lipinski definition) is 3. The van der Waals surface area contributed by atoms with Crippen molar-refractivity contribution < 1.29 is 13.9 Å². The van der Waals surface area contributed by atoms with Crippen molar-refractivity contribution in [2.45, 2.75) is 31.2 Å². The van der Waals surface area contributed by atoms with Crippen LogP contribution in [0.1, 0.15) is 19.8 Å². The lowest BCUT2D eigenvalue weighted by Gasteiger charge is -2.33. The molecule has 0 spiro atoms. The summed E-state index contributed by atoms with van der Waals surface area (Å²) >= 11 is 5.79. The van der Waals surface area contributed by atoms with Crippen molar-refractivity contribution in [3.63, 3.8) is 0 Å². The van der Waals surface area contributed by atoms with Crippen molar-refractivity contribution in [3.05, 3.63) is 24.1 Å². The molecule has 1 aromatic rings. The van der Waals surface area contributed by atoms with Gasteiger partial charge in [-0.15, -0.1) is 11.6 Å². The van der Waals surface area contributed by atoms with E-state index in [1.165, 1.54) is 18.3 Å². The maximum absolute atomic E-state index is 13.4. The van der Waals surface area contributed by atoms with E-state index in [1.807, 2.05) is 0 Å². The second-order valence-corrected chi connectivity index (χ2v) is 5.23. The molecule has 1 aliphatic heterocycles. The normalized spacial score (nSPS) is 21.0. The highest BCUT2D eigenvalue weighted by molar-refractivity contribution is 6.30. The standard InChI is InChI=1S/C13H16ClFN2O2/c1-9(14)13(18)17-7-3-4-10(8-17)19-12-11(15)5-2-6-16-12/h2,5-6,9-10H,3-4,7-8H2,1H3. The van der Waals surface area contributed by atoms with E-state index in [0.717, 1.165) is 12.8 Å². The smallest absolute Gasteiger partial charge is 0.250 e. The number of amides is 1. The zero-order valence-electron chi connectivity index (χ0n) is 10.7. The summed E-state index contributed by atoms with van der Waals surface area (Å²) in [7, 11) is 0. The maximum atomic E-state index is 13.4. The van der Waals surface area contributed by atoms with Gasteiger partial charge in [-0.3, -0.25) is 4.79 Å². The summed E-state index contributed by atoms with van der Waals surface area (Å²) in [6.45, 7) is 2.74. The van der Waals surface area contributed by atoms with Crippen molar-refractivity contribution >= 4 is 17.5 Å². The van der Waals surface area contributed by atoms with Crippen molar-refractivity contribution in [2.24, 2.45) is 0 Å². The lowest BCUT2D eigenvalue weighted by atomic mass is 10.1. The molecule has 2 rings (SSSR count). The molecule has 1 saturated heterocycles. The number of pyridine rings is 1. The first-order valence-electron chi connectivity index (χ1n) is 6.28. The van der Waals surface area contributed by atoms with Gasteiger partial charge in [-0.1, -0.05) is 0 Å². The van der Waals surface area contributed by atoms with Gasteiger partial charge < -0.3 is 9.64 Å². The zero-order valence-corrected chi connectivity index (χ0v) is 11.4. The molecule has 1 aromatic heterocycles. The van der Waals surface area contributed by atoms with Crippen molar-refractivity contribution in [1.29, 1.82) is 0 Å². The molecule has 2 unspecified atom stereocenters. The first-order chi connectivity index (χ1) is 9.08. The third-order valence-electron chi connectivity index (χ3n) is 3.03. The monoisotopic (exact) mass is 286 g/mol. The number of piperidine rings is 1. The molecular formula is C13H16ClFN2O2. The van der Waals surface area contributed by atoms with E-state index >= 15 is 0 Å². The number of likely N-dealkylation sites (tertiary alicyclic amines) is 1. The molecule has 0 N–H and O–H groups in total. The van der Waals surface area contributed by atoms with E-state index in [4.69, 9.17) is 16.3 Å². The van der Waals surface area contributed by atoms with Crippen LogP contribution in [0.2, 0.25) is 0 Å². The molecule has 4 nitrogen and oxygen atoms in total. The Kier molecular flexibility index (Phi) is 4.58. The van der Waals surface area contributed by atoms with Crippen LogP contribution < -0.4 is 4.74 Å². The average Bonchev–Trinajstić information content (AvgIpc) is 2.41. The third-order valence-corrected chi connectivity index (χ3v) is 3.22. The first-order valence-corrected chi connectivity index (χ1v) is 6.71. The molecule has 1 amide bonds. The summed E-state index contributed by atoms with van der Waals surface area (Å²) in [5.74, 6) is -0.617. The van der Waals surface area contributed by atoms with Gasteiger partial charge in [0, 0.05) is 12.7 Å². The summed E-state index contributed by atoms with van der Waals surface area (Å²) in [6, 6.07) is 2.81. The summed E-state index contributed by atoms with van der Waals surface area (Å²) in [6.07, 6.45) is 2.83. The fraction of sp³-hybridized carbons (Fsp3) is 0.538. The highest BCUT2D eigenvalue weighted by Gasteiger charge is 2.27. The SMILES string of the molecule is CC(Cl)C(=O)N1CCCC(Oc2ncccc2F)C1. The summed E-state index contributed by atoms with van der Waals surface area (Å²) in [5, 5.41) is -0.551. The second kappa shape index (κ2) is 6.19. The number of alkyl halides is 1. The van der Waals surface area contributed by atoms with Gasteiger partial charge in [-0.25, -0.2) is 9.37 Å². The minimum absolute atomic E-state index is 0.0132. The van der Waals surface area contributed by atoms with E-state index in [0.29, 0.717) is 13.1 Å². The van der Waals surface area contributed by atoms with E-state index in [2.05, 4.69) is 4.98 Å². The largest absolute Gasteiger partial charge is 0.470 e. The van der Waals surface area contributed by atoms with Crippen molar-refractivity contribution in [2.75, 3.05) is 13.1 Å². The molecule has 2 heterocycles. The molecule has 19 heavy (non-hydrogen) atoms. The zero-order chi connectivity index (χ0) is 13.8.